The fourth-order valence-electron chi connectivity index (χ4n) is 5.32. The summed E-state index contributed by atoms with van der Waals surface area (Å²) >= 11 is 5.91. The molecule has 2 aromatic carbocycles. The monoisotopic (exact) mass is 643 g/mol. The summed E-state index contributed by atoms with van der Waals surface area (Å²) < 4.78 is 30.8. The first kappa shape index (κ1) is 34.0. The number of amides is 3. The number of carbonyl (C=O) groups excluding carboxylic acids is 3. The van der Waals surface area contributed by atoms with Gasteiger partial charge in [-0.3, -0.25) is 19.3 Å². The Morgan fingerprint density at radius 3 is 2.47 bits per heavy atom. The summed E-state index contributed by atoms with van der Waals surface area (Å²) in [4.78, 5) is 46.2. The van der Waals surface area contributed by atoms with Crippen molar-refractivity contribution in [3.63, 3.8) is 0 Å². The van der Waals surface area contributed by atoms with E-state index in [-0.39, 0.29) is 54.2 Å². The van der Waals surface area contributed by atoms with Crippen LogP contribution < -0.4 is 16.0 Å². The number of hydrogen-bond donors (Lipinski definition) is 3. The summed E-state index contributed by atoms with van der Waals surface area (Å²) in [5.74, 6) is -1.74. The van der Waals surface area contributed by atoms with Crippen LogP contribution in [0, 0.1) is 24.5 Å². The van der Waals surface area contributed by atoms with Gasteiger partial charge in [-0.15, -0.1) is 0 Å². The molecule has 0 aliphatic carbocycles. The van der Waals surface area contributed by atoms with E-state index in [1.165, 1.54) is 10.7 Å². The molecule has 3 amide bonds. The third-order valence-corrected chi connectivity index (χ3v) is 7.94. The van der Waals surface area contributed by atoms with E-state index >= 15 is 0 Å². The lowest BCUT2D eigenvalue weighted by atomic mass is 10.0. The summed E-state index contributed by atoms with van der Waals surface area (Å²) in [5.41, 5.74) is 0.708. The highest BCUT2D eigenvalue weighted by atomic mass is 35.5. The quantitative estimate of drug-likeness (QED) is 0.363. The Balaban J connectivity index is 1.60. The van der Waals surface area contributed by atoms with Gasteiger partial charge in [0.15, 0.2) is 5.82 Å². The minimum Gasteiger partial charge on any atom is -0.354 e. The summed E-state index contributed by atoms with van der Waals surface area (Å²) in [5, 5.41) is 13.0. The Hall–Kier alpha value is -3.90. The maximum absolute atomic E-state index is 14.7. The zero-order valence-electron chi connectivity index (χ0n) is 25.8. The Kier molecular flexibility index (Phi) is 12.0. The van der Waals surface area contributed by atoms with Crippen LogP contribution in [0.5, 0.6) is 0 Å². The number of hydrogen-bond acceptors (Lipinski definition) is 6. The average molecular weight is 644 g/mol. The summed E-state index contributed by atoms with van der Waals surface area (Å²) in [7, 11) is 0. The van der Waals surface area contributed by atoms with Gasteiger partial charge in [-0.1, -0.05) is 55.8 Å². The van der Waals surface area contributed by atoms with Gasteiger partial charge >= 0.3 is 0 Å². The van der Waals surface area contributed by atoms with Gasteiger partial charge in [0.25, 0.3) is 0 Å². The maximum Gasteiger partial charge on any atom is 0.243 e. The molecule has 2 atom stereocenters. The Bertz CT molecular complexity index is 1480. The minimum atomic E-state index is -0.883. The van der Waals surface area contributed by atoms with Crippen molar-refractivity contribution in [2.24, 2.45) is 5.92 Å². The SMILES string of the molecule is Cc1nc2n(n1)CC(=O)NCCCN(Cc1c(F)ccc(Cl)c1F)CCCC(=O)N[C@H](Cc1ccccc1)C(=O)N[C@H]2C(C)C. The van der Waals surface area contributed by atoms with E-state index < -0.39 is 29.6 Å². The molecule has 0 spiro atoms. The summed E-state index contributed by atoms with van der Waals surface area (Å²) in [6.07, 6.45) is 1.22. The second-order valence-corrected chi connectivity index (χ2v) is 12.0. The molecular weight excluding hydrogens is 604 g/mol. The van der Waals surface area contributed by atoms with Crippen molar-refractivity contribution in [2.75, 3.05) is 19.6 Å². The fraction of sp³-hybridized carbons (Fsp3) is 0.469. The molecular formula is C32H40ClF2N7O3. The standard InChI is InChI=1S/C32H40ClF2N7O3/c1-20(2)30-31-37-21(3)40-42(31)19-28(44)36-14-8-16-41(18-23-25(34)13-12-24(33)29(23)35)15-7-11-27(43)38-26(32(45)39-30)17-22-9-5-4-6-10-22/h4-6,9-10,12-13,20,26,30H,7-8,11,14-19H2,1-3H3,(H,36,44)(H,38,43)(H,39,45)/t26-,30+/m1/s1. The van der Waals surface area contributed by atoms with Gasteiger partial charge in [0.05, 0.1) is 11.1 Å². The van der Waals surface area contributed by atoms with Crippen molar-refractivity contribution >= 4 is 29.3 Å². The molecule has 0 unspecified atom stereocenters. The predicted octanol–water partition coefficient (Wildman–Crippen LogP) is 3.86. The smallest absolute Gasteiger partial charge is 0.243 e. The van der Waals surface area contributed by atoms with Gasteiger partial charge in [-0.05, 0) is 49.9 Å². The van der Waals surface area contributed by atoms with Crippen molar-refractivity contribution in [3.8, 4) is 0 Å². The zero-order valence-corrected chi connectivity index (χ0v) is 26.5. The van der Waals surface area contributed by atoms with E-state index in [0.717, 1.165) is 11.6 Å². The number of carbonyl (C=O) groups is 3. The fourth-order valence-corrected chi connectivity index (χ4v) is 5.50. The molecule has 3 aromatic rings. The van der Waals surface area contributed by atoms with Crippen molar-refractivity contribution < 1.29 is 23.2 Å². The van der Waals surface area contributed by atoms with Gasteiger partial charge < -0.3 is 16.0 Å². The van der Waals surface area contributed by atoms with Crippen LogP contribution in [0.1, 0.15) is 61.9 Å². The molecule has 242 valence electrons. The van der Waals surface area contributed by atoms with Crippen LogP contribution in [-0.2, 0) is 33.9 Å². The molecule has 1 aliphatic heterocycles. The van der Waals surface area contributed by atoms with Gasteiger partial charge in [0.2, 0.25) is 17.7 Å². The van der Waals surface area contributed by atoms with E-state index in [1.54, 1.807) is 6.92 Å². The first-order valence-corrected chi connectivity index (χ1v) is 15.6. The van der Waals surface area contributed by atoms with Gasteiger partial charge in [-0.25, -0.2) is 18.4 Å². The molecule has 4 rings (SSSR count). The van der Waals surface area contributed by atoms with Gasteiger partial charge in [0, 0.05) is 38.0 Å². The molecule has 0 bridgehead atoms. The molecule has 1 aliphatic rings. The van der Waals surface area contributed by atoms with Crippen molar-refractivity contribution in [3.05, 3.63) is 81.9 Å². The Morgan fingerprint density at radius 1 is 1.00 bits per heavy atom. The van der Waals surface area contributed by atoms with E-state index in [4.69, 9.17) is 11.6 Å². The Morgan fingerprint density at radius 2 is 1.73 bits per heavy atom. The number of aryl methyl sites for hydroxylation is 1. The maximum atomic E-state index is 14.7. The minimum absolute atomic E-state index is 0.0645. The topological polar surface area (TPSA) is 121 Å². The lowest BCUT2D eigenvalue weighted by molar-refractivity contribution is -0.129. The van der Waals surface area contributed by atoms with E-state index in [0.29, 0.717) is 44.1 Å². The van der Waals surface area contributed by atoms with Crippen LogP contribution in [-0.4, -0.2) is 63.1 Å². The van der Waals surface area contributed by atoms with Crippen LogP contribution >= 0.6 is 11.6 Å². The second kappa shape index (κ2) is 15.9. The number of halogens is 3. The first-order valence-electron chi connectivity index (χ1n) is 15.2. The number of nitrogens with zero attached hydrogens (tertiary/aromatic N) is 4. The number of fused-ring (bicyclic) bond motifs is 1. The molecule has 0 saturated heterocycles. The number of aromatic nitrogens is 3. The van der Waals surface area contributed by atoms with Crippen LogP contribution in [0.4, 0.5) is 8.78 Å². The Labute approximate surface area is 266 Å². The highest BCUT2D eigenvalue weighted by molar-refractivity contribution is 6.30. The van der Waals surface area contributed by atoms with Gasteiger partial charge in [-0.2, -0.15) is 5.10 Å². The number of nitrogens with one attached hydrogen (secondary N) is 3. The molecule has 45 heavy (non-hydrogen) atoms. The van der Waals surface area contributed by atoms with Crippen LogP contribution in [0.2, 0.25) is 5.02 Å². The lowest BCUT2D eigenvalue weighted by Crippen LogP contribution is -2.50. The lowest BCUT2D eigenvalue weighted by Gasteiger charge is -2.26. The predicted molar refractivity (Wildman–Crippen MR) is 166 cm³/mol. The van der Waals surface area contributed by atoms with Crippen molar-refractivity contribution in [1.82, 2.24) is 35.6 Å². The first-order chi connectivity index (χ1) is 21.5. The van der Waals surface area contributed by atoms with Gasteiger partial charge in [0.1, 0.15) is 30.0 Å². The van der Waals surface area contributed by atoms with Crippen molar-refractivity contribution in [2.45, 2.75) is 71.6 Å². The number of benzene rings is 2. The molecule has 0 fully saturated rings. The van der Waals surface area contributed by atoms with Crippen LogP contribution in [0.3, 0.4) is 0 Å². The largest absolute Gasteiger partial charge is 0.354 e. The second-order valence-electron chi connectivity index (χ2n) is 11.6. The molecule has 2 heterocycles. The van der Waals surface area contributed by atoms with Crippen molar-refractivity contribution in [1.29, 1.82) is 0 Å². The van der Waals surface area contributed by atoms with Crippen LogP contribution in [0.15, 0.2) is 42.5 Å². The summed E-state index contributed by atoms with van der Waals surface area (Å²) in [6.45, 7) is 6.46. The van der Waals surface area contributed by atoms with E-state index in [9.17, 15) is 23.2 Å². The normalized spacial score (nSPS) is 19.7. The molecule has 0 radical (unpaired) electrons. The number of rotatable bonds is 5. The van der Waals surface area contributed by atoms with Crippen LogP contribution in [0.25, 0.3) is 0 Å². The molecule has 13 heteroatoms. The third-order valence-electron chi connectivity index (χ3n) is 7.65. The van der Waals surface area contributed by atoms with E-state index in [1.807, 2.05) is 49.1 Å². The molecule has 3 N–H and O–H groups in total. The zero-order chi connectivity index (χ0) is 32.5. The summed E-state index contributed by atoms with van der Waals surface area (Å²) in [6, 6.07) is 10.2. The third kappa shape index (κ3) is 9.54. The molecule has 0 saturated carbocycles. The molecule has 10 nitrogen and oxygen atoms in total. The average Bonchev–Trinajstić information content (AvgIpc) is 3.36. The molecule has 1 aromatic heterocycles. The highest BCUT2D eigenvalue weighted by Crippen LogP contribution is 2.23. The highest BCUT2D eigenvalue weighted by Gasteiger charge is 2.30. The van der Waals surface area contributed by atoms with E-state index in [2.05, 4.69) is 26.0 Å².